The molecule has 0 aliphatic rings. The zero-order valence-corrected chi connectivity index (χ0v) is 10.1. The van der Waals surface area contributed by atoms with Gasteiger partial charge in [-0.25, -0.2) is 14.8 Å². The Morgan fingerprint density at radius 1 is 1.56 bits per heavy atom. The number of esters is 1. The first-order valence-electron chi connectivity index (χ1n) is 5.25. The van der Waals surface area contributed by atoms with Gasteiger partial charge >= 0.3 is 5.97 Å². The van der Waals surface area contributed by atoms with Crippen LogP contribution in [0.25, 0.3) is 16.8 Å². The zero-order valence-electron chi connectivity index (χ0n) is 9.35. The van der Waals surface area contributed by atoms with Gasteiger partial charge in [0.2, 0.25) is 0 Å². The van der Waals surface area contributed by atoms with Gasteiger partial charge in [-0.1, -0.05) is 11.6 Å². The van der Waals surface area contributed by atoms with Crippen LogP contribution in [0, 0.1) is 0 Å². The van der Waals surface area contributed by atoms with Gasteiger partial charge in [-0.05, 0) is 6.92 Å². The quantitative estimate of drug-likeness (QED) is 0.560. The summed E-state index contributed by atoms with van der Waals surface area (Å²) in [5, 5.41) is 4.31. The fourth-order valence-corrected chi connectivity index (χ4v) is 1.92. The average Bonchev–Trinajstić information content (AvgIpc) is 2.94. The highest BCUT2D eigenvalue weighted by atomic mass is 35.5. The van der Waals surface area contributed by atoms with Crippen LogP contribution in [0.5, 0.6) is 0 Å². The number of aromatic nitrogens is 5. The van der Waals surface area contributed by atoms with E-state index in [1.165, 1.54) is 17.0 Å². The smallest absolute Gasteiger partial charge is 0.343 e. The van der Waals surface area contributed by atoms with E-state index < -0.39 is 5.97 Å². The highest BCUT2D eigenvalue weighted by Gasteiger charge is 2.19. The number of halogens is 1. The first-order chi connectivity index (χ1) is 8.72. The molecular formula is C10H8ClN5O2. The van der Waals surface area contributed by atoms with Crippen LogP contribution in [0.1, 0.15) is 17.3 Å². The Balaban J connectivity index is 2.31. The lowest BCUT2D eigenvalue weighted by atomic mass is 10.3. The van der Waals surface area contributed by atoms with Gasteiger partial charge in [-0.15, -0.1) is 0 Å². The van der Waals surface area contributed by atoms with Crippen LogP contribution < -0.4 is 0 Å². The fraction of sp³-hybridized carbons (Fsp3) is 0.200. The van der Waals surface area contributed by atoms with E-state index in [4.69, 9.17) is 16.3 Å². The van der Waals surface area contributed by atoms with Crippen LogP contribution >= 0.6 is 11.6 Å². The Labute approximate surface area is 106 Å². The topological polar surface area (TPSA) is 85.2 Å². The number of aromatic amines is 1. The number of nitrogens with one attached hydrogen (secondary N) is 1. The fourth-order valence-electron chi connectivity index (χ4n) is 1.71. The Hall–Kier alpha value is -2.15. The summed E-state index contributed by atoms with van der Waals surface area (Å²) in [4.78, 5) is 22.8. The van der Waals surface area contributed by atoms with E-state index in [1.807, 2.05) is 0 Å². The highest BCUT2D eigenvalue weighted by Crippen LogP contribution is 2.21. The number of ether oxygens (including phenoxy) is 1. The molecule has 3 rings (SSSR count). The van der Waals surface area contributed by atoms with Gasteiger partial charge in [-0.3, -0.25) is 0 Å². The number of hydrogen-bond acceptors (Lipinski definition) is 5. The van der Waals surface area contributed by atoms with E-state index in [1.54, 1.807) is 6.92 Å². The molecule has 0 amide bonds. The van der Waals surface area contributed by atoms with Crippen LogP contribution in [0.4, 0.5) is 0 Å². The SMILES string of the molecule is CCOC(=O)c1cnn2c1nc(Cl)c1[nH]cnc12. The van der Waals surface area contributed by atoms with E-state index in [0.29, 0.717) is 16.8 Å². The van der Waals surface area contributed by atoms with Crippen molar-refractivity contribution in [1.82, 2.24) is 24.6 Å². The van der Waals surface area contributed by atoms with Gasteiger partial charge < -0.3 is 9.72 Å². The summed E-state index contributed by atoms with van der Waals surface area (Å²) < 4.78 is 6.37. The highest BCUT2D eigenvalue weighted by molar-refractivity contribution is 6.33. The molecule has 3 aromatic heterocycles. The molecule has 3 aromatic rings. The summed E-state index contributed by atoms with van der Waals surface area (Å²) in [6.07, 6.45) is 2.88. The summed E-state index contributed by atoms with van der Waals surface area (Å²) in [6, 6.07) is 0. The zero-order chi connectivity index (χ0) is 12.7. The summed E-state index contributed by atoms with van der Waals surface area (Å²) >= 11 is 6.01. The van der Waals surface area contributed by atoms with Crippen molar-refractivity contribution in [3.8, 4) is 0 Å². The molecule has 0 fully saturated rings. The van der Waals surface area contributed by atoms with E-state index in [2.05, 4.69) is 20.1 Å². The maximum atomic E-state index is 11.7. The van der Waals surface area contributed by atoms with Crippen LogP contribution in [0.15, 0.2) is 12.5 Å². The lowest BCUT2D eigenvalue weighted by molar-refractivity contribution is 0.0528. The molecule has 0 atom stereocenters. The van der Waals surface area contributed by atoms with Crippen molar-refractivity contribution in [2.45, 2.75) is 6.92 Å². The molecule has 92 valence electrons. The lowest BCUT2D eigenvalue weighted by Gasteiger charge is -2.00. The molecule has 0 saturated carbocycles. The molecule has 8 heteroatoms. The van der Waals surface area contributed by atoms with Crippen molar-refractivity contribution in [2.75, 3.05) is 6.61 Å². The van der Waals surface area contributed by atoms with E-state index in [9.17, 15) is 4.79 Å². The van der Waals surface area contributed by atoms with Crippen molar-refractivity contribution in [3.05, 3.63) is 23.2 Å². The molecule has 0 aliphatic carbocycles. The number of carbonyl (C=O) groups is 1. The third kappa shape index (κ3) is 1.44. The van der Waals surface area contributed by atoms with Crippen molar-refractivity contribution in [3.63, 3.8) is 0 Å². The Morgan fingerprint density at radius 2 is 2.39 bits per heavy atom. The molecule has 18 heavy (non-hydrogen) atoms. The van der Waals surface area contributed by atoms with Gasteiger partial charge in [0, 0.05) is 0 Å². The minimum absolute atomic E-state index is 0.237. The van der Waals surface area contributed by atoms with Crippen molar-refractivity contribution < 1.29 is 9.53 Å². The largest absolute Gasteiger partial charge is 0.462 e. The molecule has 0 saturated heterocycles. The van der Waals surface area contributed by atoms with E-state index in [-0.39, 0.29) is 17.3 Å². The Bertz CT molecular complexity index is 747. The summed E-state index contributed by atoms with van der Waals surface area (Å²) in [5.41, 5.74) is 1.69. The molecule has 0 aromatic carbocycles. The van der Waals surface area contributed by atoms with Crippen molar-refractivity contribution in [2.24, 2.45) is 0 Å². The van der Waals surface area contributed by atoms with Crippen LogP contribution in [0.3, 0.4) is 0 Å². The number of nitrogens with zero attached hydrogens (tertiary/aromatic N) is 4. The third-order valence-corrected chi connectivity index (χ3v) is 2.74. The number of hydrogen-bond donors (Lipinski definition) is 1. The Kier molecular flexibility index (Phi) is 2.41. The van der Waals surface area contributed by atoms with Gasteiger partial charge in [0.05, 0.1) is 19.1 Å². The number of fused-ring (bicyclic) bond motifs is 3. The summed E-state index contributed by atoms with van der Waals surface area (Å²) in [7, 11) is 0. The molecule has 0 aliphatic heterocycles. The summed E-state index contributed by atoms with van der Waals surface area (Å²) in [6.45, 7) is 2.02. The predicted octanol–water partition coefficient (Wildman–Crippen LogP) is 1.44. The van der Waals surface area contributed by atoms with Crippen LogP contribution in [-0.4, -0.2) is 37.1 Å². The van der Waals surface area contributed by atoms with Crippen molar-refractivity contribution in [1.29, 1.82) is 0 Å². The Morgan fingerprint density at radius 3 is 3.17 bits per heavy atom. The number of H-pyrrole nitrogens is 1. The second kappa shape index (κ2) is 3.95. The summed E-state index contributed by atoms with van der Waals surface area (Å²) in [5.74, 6) is -0.481. The maximum Gasteiger partial charge on any atom is 0.343 e. The maximum absolute atomic E-state index is 11.7. The first-order valence-corrected chi connectivity index (χ1v) is 5.63. The molecule has 1 N–H and O–H groups in total. The average molecular weight is 266 g/mol. The molecule has 0 unspecified atom stereocenters. The lowest BCUT2D eigenvalue weighted by Crippen LogP contribution is -2.05. The van der Waals surface area contributed by atoms with Gasteiger partial charge in [0.1, 0.15) is 11.1 Å². The standard InChI is InChI=1S/C10H8ClN5O2/c1-2-18-10(17)5-3-14-16-8(5)15-7(11)6-9(16)13-4-12-6/h3-4H,2H2,1H3,(H,12,13). The molecule has 7 nitrogen and oxygen atoms in total. The van der Waals surface area contributed by atoms with Gasteiger partial charge in [-0.2, -0.15) is 9.61 Å². The molecular weight excluding hydrogens is 258 g/mol. The number of rotatable bonds is 2. The van der Waals surface area contributed by atoms with Gasteiger partial charge in [0.25, 0.3) is 0 Å². The second-order valence-corrected chi connectivity index (χ2v) is 3.88. The molecule has 0 spiro atoms. The molecule has 3 heterocycles. The van der Waals surface area contributed by atoms with Gasteiger partial charge in [0.15, 0.2) is 16.4 Å². The first kappa shape index (κ1) is 11.0. The number of carbonyl (C=O) groups excluding carboxylic acids is 1. The van der Waals surface area contributed by atoms with E-state index in [0.717, 1.165) is 0 Å². The molecule has 0 bridgehead atoms. The second-order valence-electron chi connectivity index (χ2n) is 3.52. The van der Waals surface area contributed by atoms with Crippen LogP contribution in [0.2, 0.25) is 5.15 Å². The minimum Gasteiger partial charge on any atom is -0.462 e. The minimum atomic E-state index is -0.481. The van der Waals surface area contributed by atoms with E-state index >= 15 is 0 Å². The molecule has 0 radical (unpaired) electrons. The normalized spacial score (nSPS) is 11.2. The third-order valence-electron chi connectivity index (χ3n) is 2.47. The monoisotopic (exact) mass is 265 g/mol. The van der Waals surface area contributed by atoms with Crippen LogP contribution in [-0.2, 0) is 4.74 Å². The van der Waals surface area contributed by atoms with Crippen molar-refractivity contribution >= 4 is 34.4 Å². The predicted molar refractivity (Wildman–Crippen MR) is 63.6 cm³/mol. The number of imidazole rings is 1.